The second kappa shape index (κ2) is 4.10. The lowest BCUT2D eigenvalue weighted by molar-refractivity contribution is 0.374. The molecule has 0 spiro atoms. The van der Waals surface area contributed by atoms with E-state index in [1.807, 2.05) is 0 Å². The molecule has 0 saturated carbocycles. The molecule has 16 heavy (non-hydrogen) atoms. The molecule has 2 heteroatoms. The van der Waals surface area contributed by atoms with Crippen molar-refractivity contribution in [2.45, 2.75) is 25.8 Å². The number of anilines is 1. The third-order valence-electron chi connectivity index (χ3n) is 4.04. The fourth-order valence-electron chi connectivity index (χ4n) is 3.09. The molecule has 2 fully saturated rings. The molecule has 2 heterocycles. The third-order valence-corrected chi connectivity index (χ3v) is 4.04. The van der Waals surface area contributed by atoms with Gasteiger partial charge < -0.3 is 10.2 Å². The Morgan fingerprint density at radius 1 is 1.31 bits per heavy atom. The monoisotopic (exact) mass is 216 g/mol. The second-order valence-corrected chi connectivity index (χ2v) is 5.18. The number of aryl methyl sites for hydroxylation is 1. The molecule has 2 aliphatic rings. The number of piperidine rings is 1. The molecule has 2 aliphatic heterocycles. The molecule has 1 aromatic rings. The fourth-order valence-corrected chi connectivity index (χ4v) is 3.09. The Bertz CT molecular complexity index is 375. The molecule has 0 aliphatic carbocycles. The van der Waals surface area contributed by atoms with E-state index in [9.17, 15) is 0 Å². The van der Waals surface area contributed by atoms with Crippen LogP contribution in [0.3, 0.4) is 0 Å². The van der Waals surface area contributed by atoms with Gasteiger partial charge in [0.05, 0.1) is 0 Å². The van der Waals surface area contributed by atoms with Gasteiger partial charge >= 0.3 is 0 Å². The molecule has 1 aromatic carbocycles. The highest BCUT2D eigenvalue weighted by Gasteiger charge is 2.32. The van der Waals surface area contributed by atoms with Crippen LogP contribution in [0.25, 0.3) is 0 Å². The van der Waals surface area contributed by atoms with E-state index < -0.39 is 0 Å². The van der Waals surface area contributed by atoms with Gasteiger partial charge in [-0.05, 0) is 49.9 Å². The molecule has 86 valence electrons. The smallest absolute Gasteiger partial charge is 0.0369 e. The first-order chi connectivity index (χ1) is 7.83. The summed E-state index contributed by atoms with van der Waals surface area (Å²) in [4.78, 5) is 2.53. The molecule has 0 aromatic heterocycles. The van der Waals surface area contributed by atoms with E-state index >= 15 is 0 Å². The highest BCUT2D eigenvalue weighted by atomic mass is 15.2. The summed E-state index contributed by atoms with van der Waals surface area (Å²) < 4.78 is 0. The Kier molecular flexibility index (Phi) is 2.60. The van der Waals surface area contributed by atoms with Crippen molar-refractivity contribution in [1.29, 1.82) is 0 Å². The molecule has 2 nitrogen and oxygen atoms in total. The van der Waals surface area contributed by atoms with E-state index in [4.69, 9.17) is 0 Å². The van der Waals surface area contributed by atoms with E-state index in [1.54, 1.807) is 0 Å². The Balaban J connectivity index is 1.76. The van der Waals surface area contributed by atoms with Gasteiger partial charge in [0.25, 0.3) is 0 Å². The second-order valence-electron chi connectivity index (χ2n) is 5.18. The van der Waals surface area contributed by atoms with E-state index in [2.05, 4.69) is 41.4 Å². The number of hydrogen-bond acceptors (Lipinski definition) is 2. The van der Waals surface area contributed by atoms with E-state index in [0.717, 1.165) is 12.0 Å². The highest BCUT2D eigenvalue weighted by Crippen LogP contribution is 2.28. The molecular weight excluding hydrogens is 196 g/mol. The van der Waals surface area contributed by atoms with Gasteiger partial charge in [0.15, 0.2) is 0 Å². The van der Waals surface area contributed by atoms with Crippen LogP contribution in [-0.4, -0.2) is 25.7 Å². The Labute approximate surface area is 97.6 Å². The number of nitrogens with zero attached hydrogens (tertiary/aromatic N) is 1. The van der Waals surface area contributed by atoms with Gasteiger partial charge in [-0.15, -0.1) is 0 Å². The summed E-state index contributed by atoms with van der Waals surface area (Å²) in [5, 5.41) is 3.63. The van der Waals surface area contributed by atoms with Crippen molar-refractivity contribution in [3.05, 3.63) is 29.8 Å². The predicted octanol–water partition coefficient (Wildman–Crippen LogP) is 2.18. The summed E-state index contributed by atoms with van der Waals surface area (Å²) in [6, 6.07) is 9.61. The summed E-state index contributed by atoms with van der Waals surface area (Å²) in [5.74, 6) is 0.932. The van der Waals surface area contributed by atoms with E-state index in [1.165, 1.54) is 43.7 Å². The maximum Gasteiger partial charge on any atom is 0.0369 e. The molecule has 0 bridgehead atoms. The third kappa shape index (κ3) is 1.82. The maximum absolute atomic E-state index is 3.63. The largest absolute Gasteiger partial charge is 0.370 e. The van der Waals surface area contributed by atoms with Crippen molar-refractivity contribution in [2.75, 3.05) is 24.5 Å². The van der Waals surface area contributed by atoms with Crippen LogP contribution in [0.4, 0.5) is 5.69 Å². The molecule has 0 radical (unpaired) electrons. The van der Waals surface area contributed by atoms with Crippen LogP contribution in [0, 0.1) is 12.8 Å². The lowest BCUT2D eigenvalue weighted by Gasteiger charge is -2.36. The average Bonchev–Trinajstić information content (AvgIpc) is 2.75. The molecule has 0 amide bonds. The van der Waals surface area contributed by atoms with E-state index in [-0.39, 0.29) is 0 Å². The first-order valence-electron chi connectivity index (χ1n) is 6.38. The number of benzene rings is 1. The highest BCUT2D eigenvalue weighted by molar-refractivity contribution is 5.49. The van der Waals surface area contributed by atoms with Gasteiger partial charge in [-0.25, -0.2) is 0 Å². The van der Waals surface area contributed by atoms with Gasteiger partial charge in [-0.2, -0.15) is 0 Å². The minimum Gasteiger partial charge on any atom is -0.370 e. The zero-order valence-electron chi connectivity index (χ0n) is 9.95. The molecule has 2 atom stereocenters. The summed E-state index contributed by atoms with van der Waals surface area (Å²) in [5.41, 5.74) is 2.76. The van der Waals surface area contributed by atoms with Gasteiger partial charge in [0.2, 0.25) is 0 Å². The van der Waals surface area contributed by atoms with Crippen molar-refractivity contribution in [2.24, 2.45) is 5.92 Å². The quantitative estimate of drug-likeness (QED) is 0.774. The van der Waals surface area contributed by atoms with Crippen LogP contribution in [0.5, 0.6) is 0 Å². The van der Waals surface area contributed by atoms with Crippen LogP contribution in [0.15, 0.2) is 24.3 Å². The van der Waals surface area contributed by atoms with Crippen LogP contribution in [-0.2, 0) is 0 Å². The van der Waals surface area contributed by atoms with Crippen LogP contribution >= 0.6 is 0 Å². The predicted molar refractivity (Wildman–Crippen MR) is 67.9 cm³/mol. The zero-order chi connectivity index (χ0) is 11.0. The first-order valence-corrected chi connectivity index (χ1v) is 6.38. The summed E-state index contributed by atoms with van der Waals surface area (Å²) in [6.45, 7) is 5.81. The van der Waals surface area contributed by atoms with Crippen LogP contribution in [0.2, 0.25) is 0 Å². The number of nitrogens with one attached hydrogen (secondary N) is 1. The average molecular weight is 216 g/mol. The molecule has 1 N–H and O–H groups in total. The Hall–Kier alpha value is -1.02. The lowest BCUT2D eigenvalue weighted by atomic mass is 9.92. The number of fused-ring (bicyclic) bond motifs is 1. The zero-order valence-corrected chi connectivity index (χ0v) is 9.95. The number of hydrogen-bond donors (Lipinski definition) is 1. The van der Waals surface area contributed by atoms with Gasteiger partial charge in [0, 0.05) is 24.8 Å². The Morgan fingerprint density at radius 3 is 3.12 bits per heavy atom. The Morgan fingerprint density at radius 2 is 2.25 bits per heavy atom. The summed E-state index contributed by atoms with van der Waals surface area (Å²) in [7, 11) is 0. The van der Waals surface area contributed by atoms with Gasteiger partial charge in [-0.3, -0.25) is 0 Å². The molecule has 3 rings (SSSR count). The van der Waals surface area contributed by atoms with Crippen molar-refractivity contribution in [3.63, 3.8) is 0 Å². The van der Waals surface area contributed by atoms with Gasteiger partial charge in [0.1, 0.15) is 0 Å². The minimum atomic E-state index is 0.731. The van der Waals surface area contributed by atoms with Crippen molar-refractivity contribution in [1.82, 2.24) is 5.32 Å². The topological polar surface area (TPSA) is 15.3 Å². The minimum absolute atomic E-state index is 0.731. The van der Waals surface area contributed by atoms with Crippen LogP contribution in [0.1, 0.15) is 18.4 Å². The van der Waals surface area contributed by atoms with Crippen molar-refractivity contribution < 1.29 is 0 Å². The van der Waals surface area contributed by atoms with Crippen molar-refractivity contribution in [3.8, 4) is 0 Å². The lowest BCUT2D eigenvalue weighted by Crippen LogP contribution is -2.46. The molecule has 2 unspecified atom stereocenters. The first kappa shape index (κ1) is 10.2. The standard InChI is InChI=1S/C14H20N2/c1-11-3-2-4-13(9-11)16-8-6-12-5-7-15-14(12)10-16/h2-4,9,12,14-15H,5-8,10H2,1H3. The summed E-state index contributed by atoms with van der Waals surface area (Å²) >= 11 is 0. The van der Waals surface area contributed by atoms with E-state index in [0.29, 0.717) is 0 Å². The van der Waals surface area contributed by atoms with Crippen LogP contribution < -0.4 is 10.2 Å². The van der Waals surface area contributed by atoms with Crippen molar-refractivity contribution >= 4 is 5.69 Å². The van der Waals surface area contributed by atoms with Gasteiger partial charge in [-0.1, -0.05) is 12.1 Å². The molecular formula is C14H20N2. The summed E-state index contributed by atoms with van der Waals surface area (Å²) in [6.07, 6.45) is 2.73. The number of rotatable bonds is 1. The SMILES string of the molecule is Cc1cccc(N2CCC3CCNC3C2)c1. The molecule has 2 saturated heterocycles. The normalized spacial score (nSPS) is 29.2. The maximum atomic E-state index is 3.63. The fraction of sp³-hybridized carbons (Fsp3) is 0.571.